The van der Waals surface area contributed by atoms with Crippen molar-refractivity contribution in [3.63, 3.8) is 0 Å². The van der Waals surface area contributed by atoms with Gasteiger partial charge in [0.15, 0.2) is 0 Å². The average molecular weight is 199 g/mol. The minimum absolute atomic E-state index is 0.0278. The van der Waals surface area contributed by atoms with Gasteiger partial charge in [-0.2, -0.15) is 0 Å². The maximum absolute atomic E-state index is 12.5. The fourth-order valence-electron chi connectivity index (χ4n) is 0.625. The molecule has 0 heterocycles. The Kier molecular flexibility index (Phi) is 5.68. The van der Waals surface area contributed by atoms with Gasteiger partial charge in [-0.1, -0.05) is 20.8 Å². The van der Waals surface area contributed by atoms with Gasteiger partial charge < -0.3 is 5.41 Å². The Morgan fingerprint density at radius 2 is 1.71 bits per heavy atom. The van der Waals surface area contributed by atoms with Crippen molar-refractivity contribution >= 4 is 6.21 Å². The molecule has 0 amide bonds. The predicted octanol–water partition coefficient (Wildman–Crippen LogP) is 3.62. The van der Waals surface area contributed by atoms with Crippen LogP contribution in [-0.4, -0.2) is 6.21 Å². The van der Waals surface area contributed by atoms with Gasteiger partial charge in [0.1, 0.15) is 11.6 Å². The molecule has 1 N–H and O–H groups in total. The molecule has 0 aromatic heterocycles. The Morgan fingerprint density at radius 3 is 2.07 bits per heavy atom. The quantitative estimate of drug-likeness (QED) is 0.668. The molecule has 0 spiro atoms. The molecule has 0 saturated carbocycles. The van der Waals surface area contributed by atoms with Crippen molar-refractivity contribution in [2.24, 2.45) is 5.92 Å². The van der Waals surface area contributed by atoms with Gasteiger partial charge in [-0.25, -0.2) is 8.78 Å². The lowest BCUT2D eigenvalue weighted by Crippen LogP contribution is -1.87. The minimum atomic E-state index is -0.573. The molecule has 0 fully saturated rings. The maximum atomic E-state index is 12.5. The molecule has 0 aliphatic carbocycles. The Balaban J connectivity index is 0.000000364. The third-order valence-corrected chi connectivity index (χ3v) is 1.11. The van der Waals surface area contributed by atoms with Crippen LogP contribution in [0.25, 0.3) is 0 Å². The van der Waals surface area contributed by atoms with Crippen LogP contribution in [0.15, 0.2) is 18.2 Å². The van der Waals surface area contributed by atoms with E-state index in [1.54, 1.807) is 0 Å². The van der Waals surface area contributed by atoms with E-state index in [1.807, 2.05) is 0 Å². The normalized spacial score (nSPS) is 9.29. The number of rotatable bonds is 1. The first-order valence-corrected chi connectivity index (χ1v) is 4.43. The fourth-order valence-corrected chi connectivity index (χ4v) is 0.625. The third-order valence-electron chi connectivity index (χ3n) is 1.11. The highest BCUT2D eigenvalue weighted by Gasteiger charge is 1.98. The summed E-state index contributed by atoms with van der Waals surface area (Å²) in [4.78, 5) is 0. The maximum Gasteiger partial charge on any atom is 0.132 e. The molecule has 14 heavy (non-hydrogen) atoms. The van der Waals surface area contributed by atoms with E-state index in [1.165, 1.54) is 0 Å². The van der Waals surface area contributed by atoms with Crippen molar-refractivity contribution < 1.29 is 8.78 Å². The van der Waals surface area contributed by atoms with E-state index in [9.17, 15) is 8.78 Å². The summed E-state index contributed by atoms with van der Waals surface area (Å²) in [5, 5.41) is 6.65. The zero-order valence-corrected chi connectivity index (χ0v) is 8.64. The van der Waals surface area contributed by atoms with Crippen LogP contribution in [-0.2, 0) is 0 Å². The van der Waals surface area contributed by atoms with Crippen LogP contribution in [0.1, 0.15) is 26.3 Å². The van der Waals surface area contributed by atoms with E-state index in [-0.39, 0.29) is 5.56 Å². The summed E-state index contributed by atoms with van der Waals surface area (Å²) in [6.07, 6.45) is 0.776. The lowest BCUT2D eigenvalue weighted by atomic mass is 10.2. The summed E-state index contributed by atoms with van der Waals surface area (Å²) >= 11 is 0. The van der Waals surface area contributed by atoms with E-state index in [0.717, 1.165) is 30.3 Å². The monoisotopic (exact) mass is 199 g/mol. The van der Waals surface area contributed by atoms with Crippen molar-refractivity contribution in [1.82, 2.24) is 0 Å². The molecule has 0 aliphatic heterocycles. The first kappa shape index (κ1) is 12.8. The third kappa shape index (κ3) is 5.41. The van der Waals surface area contributed by atoms with Crippen LogP contribution in [0, 0.1) is 23.0 Å². The standard InChI is InChI=1S/C7H5F2N.C4H10/c8-6-1-2-7(9)5(3-6)4-10;1-4(2)3/h1-4,10H;4H,1-3H3. The average Bonchev–Trinajstić information content (AvgIpc) is 2.08. The lowest BCUT2D eigenvalue weighted by molar-refractivity contribution is 0.598. The Bertz CT molecular complexity index is 293. The molecule has 1 nitrogen and oxygen atoms in total. The van der Waals surface area contributed by atoms with E-state index < -0.39 is 11.6 Å². The molecule has 3 heteroatoms. The van der Waals surface area contributed by atoms with Crippen LogP contribution >= 0.6 is 0 Å². The molecule has 0 radical (unpaired) electrons. The van der Waals surface area contributed by atoms with Crippen molar-refractivity contribution in [3.05, 3.63) is 35.4 Å². The second-order valence-electron chi connectivity index (χ2n) is 3.54. The molecule has 78 valence electrons. The molecule has 1 aromatic rings. The summed E-state index contributed by atoms with van der Waals surface area (Å²) in [5.41, 5.74) is -0.0278. The molecular formula is C11H15F2N. The number of nitrogens with one attached hydrogen (secondary N) is 1. The second-order valence-corrected chi connectivity index (χ2v) is 3.54. The topological polar surface area (TPSA) is 23.9 Å². The number of benzene rings is 1. The van der Waals surface area contributed by atoms with Crippen molar-refractivity contribution in [2.45, 2.75) is 20.8 Å². The summed E-state index contributed by atoms with van der Waals surface area (Å²) in [7, 11) is 0. The van der Waals surface area contributed by atoms with Crippen LogP contribution in [0.3, 0.4) is 0 Å². The summed E-state index contributed by atoms with van der Waals surface area (Å²) in [6, 6.07) is 2.99. The van der Waals surface area contributed by atoms with Crippen molar-refractivity contribution in [1.29, 1.82) is 5.41 Å². The fraction of sp³-hybridized carbons (Fsp3) is 0.364. The predicted molar refractivity (Wildman–Crippen MR) is 54.8 cm³/mol. The molecule has 1 rings (SSSR count). The van der Waals surface area contributed by atoms with Crippen LogP contribution in [0.4, 0.5) is 8.78 Å². The molecule has 0 bridgehead atoms. The van der Waals surface area contributed by atoms with Gasteiger partial charge >= 0.3 is 0 Å². The molecule has 0 atom stereocenters. The second kappa shape index (κ2) is 6.24. The largest absolute Gasteiger partial charge is 0.308 e. The molecular weight excluding hydrogens is 184 g/mol. The van der Waals surface area contributed by atoms with Gasteiger partial charge in [0.25, 0.3) is 0 Å². The molecule has 1 aromatic carbocycles. The Hall–Kier alpha value is -1.25. The van der Waals surface area contributed by atoms with E-state index >= 15 is 0 Å². The highest BCUT2D eigenvalue weighted by molar-refractivity contribution is 5.77. The summed E-state index contributed by atoms with van der Waals surface area (Å²) < 4.78 is 24.7. The lowest BCUT2D eigenvalue weighted by Gasteiger charge is -1.93. The van der Waals surface area contributed by atoms with Gasteiger partial charge in [0, 0.05) is 11.8 Å². The highest BCUT2D eigenvalue weighted by atomic mass is 19.1. The van der Waals surface area contributed by atoms with Crippen molar-refractivity contribution in [3.8, 4) is 0 Å². The van der Waals surface area contributed by atoms with Gasteiger partial charge in [0.2, 0.25) is 0 Å². The summed E-state index contributed by atoms with van der Waals surface area (Å²) in [5.74, 6) is -0.267. The van der Waals surface area contributed by atoms with E-state index in [0.29, 0.717) is 0 Å². The molecule has 0 unspecified atom stereocenters. The Labute approximate surface area is 83.3 Å². The minimum Gasteiger partial charge on any atom is -0.308 e. The van der Waals surface area contributed by atoms with Gasteiger partial charge in [-0.15, -0.1) is 0 Å². The Morgan fingerprint density at radius 1 is 1.21 bits per heavy atom. The first-order chi connectivity index (χ1) is 6.47. The smallest absolute Gasteiger partial charge is 0.132 e. The summed E-state index contributed by atoms with van der Waals surface area (Å²) in [6.45, 7) is 6.50. The highest BCUT2D eigenvalue weighted by Crippen LogP contribution is 2.06. The molecule has 0 saturated heterocycles. The van der Waals surface area contributed by atoms with Gasteiger partial charge in [-0.05, 0) is 24.1 Å². The van der Waals surface area contributed by atoms with Crippen LogP contribution < -0.4 is 0 Å². The van der Waals surface area contributed by atoms with E-state index in [2.05, 4.69) is 20.8 Å². The number of hydrogen-bond acceptors (Lipinski definition) is 1. The van der Waals surface area contributed by atoms with Crippen molar-refractivity contribution in [2.75, 3.05) is 0 Å². The number of halogens is 2. The van der Waals surface area contributed by atoms with Gasteiger partial charge in [-0.3, -0.25) is 0 Å². The van der Waals surface area contributed by atoms with Crippen LogP contribution in [0.2, 0.25) is 0 Å². The first-order valence-electron chi connectivity index (χ1n) is 4.43. The van der Waals surface area contributed by atoms with Crippen LogP contribution in [0.5, 0.6) is 0 Å². The number of hydrogen-bond donors (Lipinski definition) is 1. The zero-order valence-electron chi connectivity index (χ0n) is 8.64. The van der Waals surface area contributed by atoms with E-state index in [4.69, 9.17) is 5.41 Å². The zero-order chi connectivity index (χ0) is 11.1. The SMILES string of the molecule is CC(C)C.N=Cc1cc(F)ccc1F. The van der Waals surface area contributed by atoms with Gasteiger partial charge in [0.05, 0.1) is 0 Å². The molecule has 0 aliphatic rings.